The highest BCUT2D eigenvalue weighted by atomic mass is 28.3. The molecular formula is C13H20O3Si. The van der Waals surface area contributed by atoms with E-state index in [0.29, 0.717) is 6.61 Å². The van der Waals surface area contributed by atoms with E-state index in [1.54, 1.807) is 12.1 Å². The van der Waals surface area contributed by atoms with E-state index in [4.69, 9.17) is 4.74 Å². The van der Waals surface area contributed by atoms with Crippen molar-refractivity contribution in [3.8, 4) is 5.75 Å². The van der Waals surface area contributed by atoms with E-state index >= 15 is 0 Å². The topological polar surface area (TPSA) is 46.5 Å². The van der Waals surface area contributed by atoms with Crippen molar-refractivity contribution in [1.82, 2.24) is 0 Å². The molecule has 0 aliphatic rings. The third kappa shape index (κ3) is 3.09. The number of aromatic hydroxyl groups is 1. The van der Waals surface area contributed by atoms with Gasteiger partial charge in [-0.1, -0.05) is 37.3 Å². The van der Waals surface area contributed by atoms with Gasteiger partial charge in [0.2, 0.25) is 0 Å². The van der Waals surface area contributed by atoms with Crippen LogP contribution in [0, 0.1) is 0 Å². The molecule has 0 saturated carbocycles. The van der Waals surface area contributed by atoms with Crippen LogP contribution < -0.4 is 5.19 Å². The minimum absolute atomic E-state index is 0.0907. The van der Waals surface area contributed by atoms with Gasteiger partial charge in [-0.05, 0) is 19.1 Å². The zero-order chi connectivity index (χ0) is 13.1. The Hall–Kier alpha value is -1.29. The van der Waals surface area contributed by atoms with Crippen molar-refractivity contribution in [1.29, 1.82) is 0 Å². The van der Waals surface area contributed by atoms with Crippen molar-refractivity contribution in [2.24, 2.45) is 0 Å². The van der Waals surface area contributed by atoms with Crippen LogP contribution in [-0.4, -0.2) is 25.8 Å². The molecule has 0 radical (unpaired) electrons. The van der Waals surface area contributed by atoms with Crippen LogP contribution in [0.4, 0.5) is 0 Å². The molecule has 4 heteroatoms. The average molecular weight is 252 g/mol. The molecule has 0 amide bonds. The zero-order valence-corrected chi connectivity index (χ0v) is 11.9. The van der Waals surface area contributed by atoms with Crippen LogP contribution in [0.2, 0.25) is 18.6 Å². The molecule has 0 unspecified atom stereocenters. The van der Waals surface area contributed by atoms with Gasteiger partial charge in [0.15, 0.2) is 0 Å². The van der Waals surface area contributed by atoms with Crippen molar-refractivity contribution in [2.75, 3.05) is 6.61 Å². The Bertz CT molecular complexity index is 384. The smallest absolute Gasteiger partial charge is 0.306 e. The minimum atomic E-state index is -1.89. The Morgan fingerprint density at radius 3 is 2.35 bits per heavy atom. The van der Waals surface area contributed by atoms with E-state index in [9.17, 15) is 9.90 Å². The Morgan fingerprint density at radius 1 is 1.35 bits per heavy atom. The molecule has 3 nitrogen and oxygen atoms in total. The summed E-state index contributed by atoms with van der Waals surface area (Å²) in [5.41, 5.74) is -0.0907. The third-order valence-electron chi connectivity index (χ3n) is 3.33. The lowest BCUT2D eigenvalue weighted by Crippen LogP contribution is -2.48. The molecule has 0 aromatic heterocycles. The lowest BCUT2D eigenvalue weighted by Gasteiger charge is -2.28. The first kappa shape index (κ1) is 13.8. The van der Waals surface area contributed by atoms with Crippen LogP contribution >= 0.6 is 0 Å². The van der Waals surface area contributed by atoms with Crippen molar-refractivity contribution in [3.63, 3.8) is 0 Å². The lowest BCUT2D eigenvalue weighted by atomic mass is 10.3. The van der Waals surface area contributed by atoms with Crippen LogP contribution in [0.15, 0.2) is 24.3 Å². The fourth-order valence-electron chi connectivity index (χ4n) is 1.70. The molecule has 1 atom stereocenters. The minimum Gasteiger partial charge on any atom is -0.508 e. The van der Waals surface area contributed by atoms with Gasteiger partial charge in [-0.25, -0.2) is 0 Å². The van der Waals surface area contributed by atoms with Gasteiger partial charge in [-0.15, -0.1) is 0 Å². The van der Waals surface area contributed by atoms with E-state index in [1.165, 1.54) is 0 Å². The van der Waals surface area contributed by atoms with Gasteiger partial charge in [0.25, 0.3) is 0 Å². The molecular weight excluding hydrogens is 232 g/mol. The Balaban J connectivity index is 2.93. The molecule has 1 aromatic rings. The normalized spacial score (nSPS) is 13.2. The van der Waals surface area contributed by atoms with Crippen LogP contribution in [0.3, 0.4) is 0 Å². The van der Waals surface area contributed by atoms with Gasteiger partial charge in [0.1, 0.15) is 5.75 Å². The quantitative estimate of drug-likeness (QED) is 0.660. The maximum Gasteiger partial charge on any atom is 0.306 e. The SMILES string of the molecule is CCOC(=O)[C@@H](C)[Si](C)(C)c1ccc(O)cc1. The number of phenolic OH excluding ortho intramolecular Hbond substituents is 1. The molecule has 17 heavy (non-hydrogen) atoms. The second kappa shape index (κ2) is 5.36. The maximum atomic E-state index is 11.8. The first-order chi connectivity index (χ1) is 7.89. The lowest BCUT2D eigenvalue weighted by molar-refractivity contribution is -0.142. The van der Waals surface area contributed by atoms with Gasteiger partial charge in [0, 0.05) is 0 Å². The number of esters is 1. The molecule has 0 spiro atoms. The summed E-state index contributed by atoms with van der Waals surface area (Å²) in [6, 6.07) is 7.14. The monoisotopic (exact) mass is 252 g/mol. The number of benzene rings is 1. The maximum absolute atomic E-state index is 11.8. The predicted octanol–water partition coefficient (Wildman–Crippen LogP) is 2.26. The zero-order valence-electron chi connectivity index (χ0n) is 10.9. The van der Waals surface area contributed by atoms with E-state index in [1.807, 2.05) is 26.0 Å². The van der Waals surface area contributed by atoms with Crippen molar-refractivity contribution in [2.45, 2.75) is 32.5 Å². The van der Waals surface area contributed by atoms with Gasteiger partial charge in [-0.3, -0.25) is 4.79 Å². The summed E-state index contributed by atoms with van der Waals surface area (Å²) >= 11 is 0. The Morgan fingerprint density at radius 2 is 1.88 bits per heavy atom. The summed E-state index contributed by atoms with van der Waals surface area (Å²) in [7, 11) is -1.89. The number of ether oxygens (including phenoxy) is 1. The summed E-state index contributed by atoms with van der Waals surface area (Å²) in [5, 5.41) is 10.4. The van der Waals surface area contributed by atoms with Crippen molar-refractivity contribution in [3.05, 3.63) is 24.3 Å². The summed E-state index contributed by atoms with van der Waals surface area (Å²) in [6.45, 7) is 8.45. The first-order valence-corrected chi connectivity index (χ1v) is 8.93. The highest BCUT2D eigenvalue weighted by molar-refractivity contribution is 6.93. The molecule has 0 aliphatic heterocycles. The van der Waals surface area contributed by atoms with Gasteiger partial charge in [-0.2, -0.15) is 0 Å². The Kier molecular flexibility index (Phi) is 4.34. The van der Waals surface area contributed by atoms with Gasteiger partial charge in [0.05, 0.1) is 20.2 Å². The third-order valence-corrected chi connectivity index (χ3v) is 7.56. The standard InChI is InChI=1S/C13H20O3Si/c1-5-16-13(15)10(2)17(3,4)12-8-6-11(14)7-9-12/h6-10,14H,5H2,1-4H3/t10-/m1/s1. The summed E-state index contributed by atoms with van der Waals surface area (Å²) in [5.74, 6) is 0.125. The molecule has 0 bridgehead atoms. The van der Waals surface area contributed by atoms with E-state index in [-0.39, 0.29) is 17.3 Å². The predicted molar refractivity (Wildman–Crippen MR) is 71.3 cm³/mol. The highest BCUT2D eigenvalue weighted by Crippen LogP contribution is 2.23. The van der Waals surface area contributed by atoms with E-state index in [0.717, 1.165) is 5.19 Å². The van der Waals surface area contributed by atoms with Crippen LogP contribution in [0.25, 0.3) is 0 Å². The Labute approximate surface area is 103 Å². The number of carbonyl (C=O) groups excluding carboxylic acids is 1. The van der Waals surface area contributed by atoms with Gasteiger partial charge >= 0.3 is 5.97 Å². The second-order valence-electron chi connectivity index (χ2n) is 4.74. The summed E-state index contributed by atoms with van der Waals surface area (Å²) < 4.78 is 5.08. The molecule has 1 aromatic carbocycles. The summed E-state index contributed by atoms with van der Waals surface area (Å²) in [4.78, 5) is 11.8. The van der Waals surface area contributed by atoms with Gasteiger partial charge < -0.3 is 9.84 Å². The average Bonchev–Trinajstić information content (AvgIpc) is 2.29. The number of phenols is 1. The molecule has 0 fully saturated rings. The van der Waals surface area contributed by atoms with Crippen LogP contribution in [-0.2, 0) is 9.53 Å². The van der Waals surface area contributed by atoms with Crippen LogP contribution in [0.5, 0.6) is 5.75 Å². The molecule has 1 N–H and O–H groups in total. The van der Waals surface area contributed by atoms with Crippen molar-refractivity contribution >= 4 is 19.2 Å². The molecule has 0 saturated heterocycles. The van der Waals surface area contributed by atoms with Crippen molar-refractivity contribution < 1.29 is 14.6 Å². The molecule has 0 heterocycles. The number of rotatable bonds is 4. The highest BCUT2D eigenvalue weighted by Gasteiger charge is 2.36. The largest absolute Gasteiger partial charge is 0.508 e. The number of carbonyl (C=O) groups is 1. The van der Waals surface area contributed by atoms with E-state index in [2.05, 4.69) is 13.1 Å². The number of hydrogen-bond donors (Lipinski definition) is 1. The summed E-state index contributed by atoms with van der Waals surface area (Å²) in [6.07, 6.45) is 0. The number of hydrogen-bond acceptors (Lipinski definition) is 3. The molecule has 94 valence electrons. The van der Waals surface area contributed by atoms with Crippen LogP contribution in [0.1, 0.15) is 13.8 Å². The second-order valence-corrected chi connectivity index (χ2v) is 9.63. The molecule has 0 aliphatic carbocycles. The first-order valence-electron chi connectivity index (χ1n) is 5.85. The fraction of sp³-hybridized carbons (Fsp3) is 0.462. The molecule has 1 rings (SSSR count). The fourth-order valence-corrected chi connectivity index (χ4v) is 3.90. The van der Waals surface area contributed by atoms with E-state index < -0.39 is 8.07 Å².